The number of likely N-dealkylation sites (tertiary alicyclic amines) is 1. The van der Waals surface area contributed by atoms with Gasteiger partial charge in [0.25, 0.3) is 0 Å². The molecular weight excluding hydrogens is 374 g/mol. The summed E-state index contributed by atoms with van der Waals surface area (Å²) in [5.41, 5.74) is 2.99. The lowest BCUT2D eigenvalue weighted by Crippen LogP contribution is -2.45. The van der Waals surface area contributed by atoms with Crippen LogP contribution in [0.25, 0.3) is 0 Å². The molecule has 2 fully saturated rings. The van der Waals surface area contributed by atoms with Gasteiger partial charge in [0.15, 0.2) is 0 Å². The Morgan fingerprint density at radius 2 is 1.89 bits per heavy atom. The molecule has 1 unspecified atom stereocenters. The van der Waals surface area contributed by atoms with E-state index < -0.39 is 0 Å². The number of rotatable bonds is 5. The molecule has 0 spiro atoms. The van der Waals surface area contributed by atoms with Gasteiger partial charge in [-0.25, -0.2) is 0 Å². The summed E-state index contributed by atoms with van der Waals surface area (Å²) in [7, 11) is 0. The molecule has 3 nitrogen and oxygen atoms in total. The highest BCUT2D eigenvalue weighted by molar-refractivity contribution is 8.00. The van der Waals surface area contributed by atoms with E-state index in [0.29, 0.717) is 16.9 Å². The number of halogens is 1. The van der Waals surface area contributed by atoms with Crippen LogP contribution < -0.4 is 4.72 Å². The van der Waals surface area contributed by atoms with Crippen molar-refractivity contribution in [2.24, 2.45) is 5.92 Å². The number of amidine groups is 1. The molecular formula is C22H26ClN3S. The van der Waals surface area contributed by atoms with Crippen LogP contribution in [0.4, 0.5) is 5.69 Å². The molecule has 4 rings (SSSR count). The summed E-state index contributed by atoms with van der Waals surface area (Å²) in [4.78, 5) is 3.45. The van der Waals surface area contributed by atoms with Crippen molar-refractivity contribution in [1.82, 2.24) is 4.90 Å². The standard InChI is InChI=1S/C22H26ClN3S/c1-15-8-12-17(13-9-15)27-25-19-6-4-5-18(23)21(19)22(24)26-14-3-2-7-20(26)16-10-11-16/h4-6,8-9,12-13,16,20,24-25H,2-3,7,10-11,14H2,1H3. The molecule has 1 atom stereocenters. The maximum atomic E-state index is 8.96. The molecule has 1 aliphatic carbocycles. The lowest BCUT2D eigenvalue weighted by molar-refractivity contribution is 0.217. The summed E-state index contributed by atoms with van der Waals surface area (Å²) < 4.78 is 3.43. The molecule has 0 amide bonds. The van der Waals surface area contributed by atoms with Crippen LogP contribution in [0, 0.1) is 18.3 Å². The van der Waals surface area contributed by atoms with E-state index in [2.05, 4.69) is 40.8 Å². The van der Waals surface area contributed by atoms with Gasteiger partial charge < -0.3 is 9.62 Å². The topological polar surface area (TPSA) is 39.1 Å². The Hall–Kier alpha value is -1.65. The highest BCUT2D eigenvalue weighted by Gasteiger charge is 2.38. The molecule has 1 saturated heterocycles. The van der Waals surface area contributed by atoms with Gasteiger partial charge in [0.1, 0.15) is 5.84 Å². The molecule has 27 heavy (non-hydrogen) atoms. The van der Waals surface area contributed by atoms with Gasteiger partial charge in [-0.3, -0.25) is 5.41 Å². The number of nitrogens with one attached hydrogen (secondary N) is 2. The van der Waals surface area contributed by atoms with Crippen molar-refractivity contribution in [2.45, 2.75) is 50.0 Å². The van der Waals surface area contributed by atoms with Gasteiger partial charge in [-0.2, -0.15) is 0 Å². The Bertz CT molecular complexity index is 817. The van der Waals surface area contributed by atoms with Crippen LogP contribution in [0.1, 0.15) is 43.2 Å². The minimum atomic E-state index is 0.514. The molecule has 2 aromatic carbocycles. The predicted molar refractivity (Wildman–Crippen MR) is 116 cm³/mol. The van der Waals surface area contributed by atoms with Gasteiger partial charge in [0, 0.05) is 17.5 Å². The minimum Gasteiger partial charge on any atom is -0.353 e. The average Bonchev–Trinajstić information content (AvgIpc) is 3.52. The summed E-state index contributed by atoms with van der Waals surface area (Å²) in [5.74, 6) is 1.34. The van der Waals surface area contributed by atoms with Crippen LogP contribution in [0.3, 0.4) is 0 Å². The zero-order valence-corrected chi connectivity index (χ0v) is 17.2. The summed E-state index contributed by atoms with van der Waals surface area (Å²) in [6.45, 7) is 3.06. The van der Waals surface area contributed by atoms with Crippen molar-refractivity contribution < 1.29 is 0 Å². The van der Waals surface area contributed by atoms with Gasteiger partial charge >= 0.3 is 0 Å². The Labute approximate surface area is 171 Å². The maximum Gasteiger partial charge on any atom is 0.131 e. The first-order valence-electron chi connectivity index (χ1n) is 9.77. The largest absolute Gasteiger partial charge is 0.353 e. The highest BCUT2D eigenvalue weighted by Crippen LogP contribution is 2.41. The van der Waals surface area contributed by atoms with Crippen molar-refractivity contribution >= 4 is 35.1 Å². The number of benzene rings is 2. The van der Waals surface area contributed by atoms with Crippen LogP contribution >= 0.6 is 23.5 Å². The van der Waals surface area contributed by atoms with E-state index in [1.165, 1.54) is 31.2 Å². The number of nitrogens with zero attached hydrogens (tertiary/aromatic N) is 1. The molecule has 5 heteroatoms. The monoisotopic (exact) mass is 399 g/mol. The number of hydrogen-bond acceptors (Lipinski definition) is 3. The SMILES string of the molecule is Cc1ccc(SNc2cccc(Cl)c2C(=N)N2CCCCC2C2CC2)cc1. The third-order valence-electron chi connectivity index (χ3n) is 5.55. The Morgan fingerprint density at radius 3 is 2.63 bits per heavy atom. The third kappa shape index (κ3) is 4.27. The van der Waals surface area contributed by atoms with E-state index in [1.54, 1.807) is 11.9 Å². The average molecular weight is 400 g/mol. The number of aryl methyl sites for hydroxylation is 1. The van der Waals surface area contributed by atoms with E-state index in [4.69, 9.17) is 17.0 Å². The Kier molecular flexibility index (Phi) is 5.65. The van der Waals surface area contributed by atoms with Gasteiger partial charge in [0.05, 0.1) is 16.3 Å². The molecule has 1 saturated carbocycles. The summed E-state index contributed by atoms with van der Waals surface area (Å²) >= 11 is 8.14. The molecule has 2 aromatic rings. The normalized spacial score (nSPS) is 19.8. The fourth-order valence-corrected chi connectivity index (χ4v) is 4.85. The van der Waals surface area contributed by atoms with Crippen molar-refractivity contribution in [3.63, 3.8) is 0 Å². The summed E-state index contributed by atoms with van der Waals surface area (Å²) in [5, 5.41) is 9.61. The first-order valence-corrected chi connectivity index (χ1v) is 11.0. The minimum absolute atomic E-state index is 0.514. The molecule has 1 heterocycles. The molecule has 1 aliphatic heterocycles. The molecule has 0 radical (unpaired) electrons. The Morgan fingerprint density at radius 1 is 1.11 bits per heavy atom. The second-order valence-corrected chi connectivity index (χ2v) is 8.91. The lowest BCUT2D eigenvalue weighted by atomic mass is 9.96. The van der Waals surface area contributed by atoms with Crippen molar-refractivity contribution in [1.29, 1.82) is 5.41 Å². The first-order chi connectivity index (χ1) is 13.1. The van der Waals surface area contributed by atoms with E-state index >= 15 is 0 Å². The molecule has 2 N–H and O–H groups in total. The Balaban J connectivity index is 1.56. The molecule has 0 aromatic heterocycles. The van der Waals surface area contributed by atoms with Gasteiger partial charge in [-0.15, -0.1) is 0 Å². The van der Waals surface area contributed by atoms with Crippen LogP contribution in [0.2, 0.25) is 5.02 Å². The van der Waals surface area contributed by atoms with Crippen LogP contribution in [0.5, 0.6) is 0 Å². The second-order valence-electron chi connectivity index (χ2n) is 7.62. The fourth-order valence-electron chi connectivity index (χ4n) is 3.92. The zero-order valence-electron chi connectivity index (χ0n) is 15.7. The fraction of sp³-hybridized carbons (Fsp3) is 0.409. The maximum absolute atomic E-state index is 8.96. The van der Waals surface area contributed by atoms with Crippen LogP contribution in [-0.2, 0) is 0 Å². The van der Waals surface area contributed by atoms with E-state index in [0.717, 1.165) is 35.0 Å². The number of anilines is 1. The highest BCUT2D eigenvalue weighted by atomic mass is 35.5. The smallest absolute Gasteiger partial charge is 0.131 e. The van der Waals surface area contributed by atoms with Crippen LogP contribution in [-0.4, -0.2) is 23.3 Å². The summed E-state index contributed by atoms with van der Waals surface area (Å²) in [6.07, 6.45) is 6.27. The van der Waals surface area contributed by atoms with Gasteiger partial charge in [0.2, 0.25) is 0 Å². The van der Waals surface area contributed by atoms with E-state index in [-0.39, 0.29) is 0 Å². The summed E-state index contributed by atoms with van der Waals surface area (Å²) in [6, 6.07) is 14.8. The second kappa shape index (κ2) is 8.15. The first kappa shape index (κ1) is 18.7. The van der Waals surface area contributed by atoms with Crippen LogP contribution in [0.15, 0.2) is 47.4 Å². The number of hydrogen-bond donors (Lipinski definition) is 2. The lowest BCUT2D eigenvalue weighted by Gasteiger charge is -2.38. The zero-order chi connectivity index (χ0) is 18.8. The van der Waals surface area contributed by atoms with Gasteiger partial charge in [-0.1, -0.05) is 35.4 Å². The van der Waals surface area contributed by atoms with E-state index in [1.807, 2.05) is 18.2 Å². The molecule has 0 bridgehead atoms. The molecule has 2 aliphatic rings. The number of piperidine rings is 1. The van der Waals surface area contributed by atoms with Crippen molar-refractivity contribution in [3.05, 3.63) is 58.6 Å². The van der Waals surface area contributed by atoms with Crippen molar-refractivity contribution in [2.75, 3.05) is 11.3 Å². The van der Waals surface area contributed by atoms with Gasteiger partial charge in [-0.05, 0) is 81.2 Å². The molecule has 142 valence electrons. The van der Waals surface area contributed by atoms with Crippen molar-refractivity contribution in [3.8, 4) is 0 Å². The predicted octanol–water partition coefficient (Wildman–Crippen LogP) is 6.36. The third-order valence-corrected chi connectivity index (χ3v) is 6.70. The quantitative estimate of drug-likeness (QED) is 0.349. The van der Waals surface area contributed by atoms with E-state index in [9.17, 15) is 0 Å².